The fourth-order valence-electron chi connectivity index (χ4n) is 3.19. The number of benzene rings is 1. The van der Waals surface area contributed by atoms with Crippen LogP contribution in [0.4, 0.5) is 0 Å². The van der Waals surface area contributed by atoms with Crippen molar-refractivity contribution < 1.29 is 0 Å². The maximum absolute atomic E-state index is 6.32. The molecule has 0 bridgehead atoms. The van der Waals surface area contributed by atoms with Crippen molar-refractivity contribution in [1.29, 1.82) is 0 Å². The van der Waals surface area contributed by atoms with E-state index in [9.17, 15) is 0 Å². The van der Waals surface area contributed by atoms with E-state index in [-0.39, 0.29) is 0 Å². The molecule has 0 N–H and O–H groups in total. The summed E-state index contributed by atoms with van der Waals surface area (Å²) in [5, 5.41) is 1.51. The van der Waals surface area contributed by atoms with E-state index in [2.05, 4.69) is 42.8 Å². The molecular formula is C17H23BrCl2. The Bertz CT molecular complexity index is 465. The van der Waals surface area contributed by atoms with Crippen LogP contribution in [0, 0.1) is 17.3 Å². The van der Waals surface area contributed by atoms with Crippen LogP contribution >= 0.6 is 39.1 Å². The van der Waals surface area contributed by atoms with Gasteiger partial charge in [0.2, 0.25) is 0 Å². The Kier molecular flexibility index (Phi) is 5.48. The minimum Gasteiger partial charge on any atom is -0.0888 e. The van der Waals surface area contributed by atoms with Gasteiger partial charge < -0.3 is 0 Å². The van der Waals surface area contributed by atoms with Crippen molar-refractivity contribution in [2.75, 3.05) is 0 Å². The molecule has 1 aliphatic carbocycles. The Hall–Kier alpha value is 0.280. The van der Waals surface area contributed by atoms with Crippen LogP contribution in [-0.4, -0.2) is 4.83 Å². The summed E-state index contributed by atoms with van der Waals surface area (Å²) in [5.74, 6) is 1.46. The molecule has 0 aromatic heterocycles. The van der Waals surface area contributed by atoms with Crippen LogP contribution in [0.2, 0.25) is 10.0 Å². The lowest BCUT2D eigenvalue weighted by molar-refractivity contribution is 0.146. The quantitative estimate of drug-likeness (QED) is 0.499. The summed E-state index contributed by atoms with van der Waals surface area (Å²) in [4.78, 5) is 0.604. The van der Waals surface area contributed by atoms with Gasteiger partial charge in [-0.1, -0.05) is 66.0 Å². The Morgan fingerprint density at radius 1 is 1.20 bits per heavy atom. The molecule has 3 atom stereocenters. The summed E-state index contributed by atoms with van der Waals surface area (Å²) >= 11 is 16.2. The maximum atomic E-state index is 6.32. The van der Waals surface area contributed by atoms with Gasteiger partial charge in [0.25, 0.3) is 0 Å². The highest BCUT2D eigenvalue weighted by atomic mass is 79.9. The van der Waals surface area contributed by atoms with Gasteiger partial charge in [0, 0.05) is 14.9 Å². The molecule has 3 heteroatoms. The molecule has 1 fully saturated rings. The van der Waals surface area contributed by atoms with Gasteiger partial charge in [0.05, 0.1) is 0 Å². The standard InChI is InChI=1S/C17H23BrCl2/c1-17(2,3)13-5-7-15(18)12(9-13)8-11-4-6-14(19)10-16(11)20/h4,6,10,12-13,15H,5,7-9H2,1-3H3. The van der Waals surface area contributed by atoms with Gasteiger partial charge in [-0.3, -0.25) is 0 Å². The molecular weight excluding hydrogens is 355 g/mol. The van der Waals surface area contributed by atoms with Crippen molar-refractivity contribution in [1.82, 2.24) is 0 Å². The van der Waals surface area contributed by atoms with E-state index in [4.69, 9.17) is 23.2 Å². The lowest BCUT2D eigenvalue weighted by Gasteiger charge is -2.40. The monoisotopic (exact) mass is 376 g/mol. The van der Waals surface area contributed by atoms with Gasteiger partial charge in [-0.15, -0.1) is 0 Å². The summed E-state index contributed by atoms with van der Waals surface area (Å²) in [5.41, 5.74) is 1.62. The molecule has 0 spiro atoms. The molecule has 0 aliphatic heterocycles. The second-order valence-corrected chi connectivity index (χ2v) is 9.11. The number of hydrogen-bond acceptors (Lipinski definition) is 0. The zero-order valence-corrected chi connectivity index (χ0v) is 15.5. The largest absolute Gasteiger partial charge is 0.0888 e. The van der Waals surface area contributed by atoms with Crippen LogP contribution in [0.5, 0.6) is 0 Å². The Morgan fingerprint density at radius 2 is 1.90 bits per heavy atom. The van der Waals surface area contributed by atoms with Crippen molar-refractivity contribution in [3.63, 3.8) is 0 Å². The minimum atomic E-state index is 0.398. The molecule has 1 saturated carbocycles. The van der Waals surface area contributed by atoms with E-state index in [1.165, 1.54) is 24.8 Å². The van der Waals surface area contributed by atoms with Crippen molar-refractivity contribution >= 4 is 39.1 Å². The van der Waals surface area contributed by atoms with Gasteiger partial charge in [-0.25, -0.2) is 0 Å². The first-order valence-electron chi connectivity index (χ1n) is 7.35. The molecule has 0 heterocycles. The number of rotatable bonds is 2. The molecule has 3 unspecified atom stereocenters. The average molecular weight is 378 g/mol. The first kappa shape index (κ1) is 16.6. The Morgan fingerprint density at radius 3 is 2.50 bits per heavy atom. The molecule has 1 aromatic rings. The predicted molar refractivity (Wildman–Crippen MR) is 93.2 cm³/mol. The van der Waals surface area contributed by atoms with E-state index < -0.39 is 0 Å². The molecule has 1 aromatic carbocycles. The molecule has 0 amide bonds. The van der Waals surface area contributed by atoms with E-state index in [0.717, 1.165) is 17.4 Å². The fraction of sp³-hybridized carbons (Fsp3) is 0.647. The normalized spacial score (nSPS) is 27.6. The summed E-state index contributed by atoms with van der Waals surface area (Å²) in [6, 6.07) is 5.87. The SMILES string of the molecule is CC(C)(C)C1CCC(Br)C(Cc2ccc(Cl)cc2Cl)C1. The van der Waals surface area contributed by atoms with E-state index in [0.29, 0.717) is 21.2 Å². The third-order valence-electron chi connectivity index (χ3n) is 4.61. The average Bonchev–Trinajstić information content (AvgIpc) is 2.33. The highest BCUT2D eigenvalue weighted by molar-refractivity contribution is 9.09. The third-order valence-corrected chi connectivity index (χ3v) is 6.40. The highest BCUT2D eigenvalue weighted by Crippen LogP contribution is 2.44. The number of halogens is 3. The van der Waals surface area contributed by atoms with Crippen LogP contribution in [-0.2, 0) is 6.42 Å². The Balaban J connectivity index is 2.10. The van der Waals surface area contributed by atoms with Gasteiger partial charge >= 0.3 is 0 Å². The van der Waals surface area contributed by atoms with Crippen molar-refractivity contribution in [3.05, 3.63) is 33.8 Å². The maximum Gasteiger partial charge on any atom is 0.0452 e. The zero-order valence-electron chi connectivity index (χ0n) is 12.4. The van der Waals surface area contributed by atoms with Crippen LogP contribution in [0.1, 0.15) is 45.6 Å². The number of alkyl halides is 1. The highest BCUT2D eigenvalue weighted by Gasteiger charge is 2.34. The lowest BCUT2D eigenvalue weighted by Crippen LogP contribution is -2.33. The van der Waals surface area contributed by atoms with Crippen molar-refractivity contribution in [3.8, 4) is 0 Å². The third kappa shape index (κ3) is 4.15. The Labute approximate surface area is 141 Å². The van der Waals surface area contributed by atoms with E-state index >= 15 is 0 Å². The second kappa shape index (κ2) is 6.58. The fourth-order valence-corrected chi connectivity index (χ4v) is 4.35. The van der Waals surface area contributed by atoms with E-state index in [1.54, 1.807) is 0 Å². The molecule has 1 aliphatic rings. The number of hydrogen-bond donors (Lipinski definition) is 0. The summed E-state index contributed by atoms with van der Waals surface area (Å²) in [7, 11) is 0. The van der Waals surface area contributed by atoms with Gasteiger partial charge in [-0.2, -0.15) is 0 Å². The first-order valence-corrected chi connectivity index (χ1v) is 9.02. The summed E-state index contributed by atoms with van der Waals surface area (Å²) < 4.78 is 0. The smallest absolute Gasteiger partial charge is 0.0452 e. The van der Waals surface area contributed by atoms with Crippen LogP contribution in [0.15, 0.2) is 18.2 Å². The van der Waals surface area contributed by atoms with Crippen molar-refractivity contribution in [2.45, 2.75) is 51.3 Å². The summed E-state index contributed by atoms with van der Waals surface area (Å²) in [6.45, 7) is 7.08. The van der Waals surface area contributed by atoms with Gasteiger partial charge in [-0.05, 0) is 60.6 Å². The van der Waals surface area contributed by atoms with Crippen LogP contribution in [0.3, 0.4) is 0 Å². The van der Waals surface area contributed by atoms with Gasteiger partial charge in [0.15, 0.2) is 0 Å². The van der Waals surface area contributed by atoms with E-state index in [1.807, 2.05) is 12.1 Å². The molecule has 20 heavy (non-hydrogen) atoms. The molecule has 0 saturated heterocycles. The topological polar surface area (TPSA) is 0 Å². The lowest BCUT2D eigenvalue weighted by atomic mass is 9.68. The molecule has 112 valence electrons. The molecule has 0 nitrogen and oxygen atoms in total. The molecule has 2 rings (SSSR count). The van der Waals surface area contributed by atoms with Crippen LogP contribution < -0.4 is 0 Å². The first-order chi connectivity index (χ1) is 9.27. The predicted octanol–water partition coefficient (Wildman–Crippen LogP) is 6.76. The van der Waals surface area contributed by atoms with Crippen molar-refractivity contribution in [2.24, 2.45) is 17.3 Å². The second-order valence-electron chi connectivity index (χ2n) is 7.09. The summed E-state index contributed by atoms with van der Waals surface area (Å²) in [6.07, 6.45) is 4.90. The molecule has 0 radical (unpaired) electrons. The minimum absolute atomic E-state index is 0.398. The zero-order chi connectivity index (χ0) is 14.9. The van der Waals surface area contributed by atoms with Crippen LogP contribution in [0.25, 0.3) is 0 Å². The van der Waals surface area contributed by atoms with Gasteiger partial charge in [0.1, 0.15) is 0 Å².